The maximum absolute atomic E-state index is 12.5. The average Bonchev–Trinajstić information content (AvgIpc) is 2.37. The Hall–Kier alpha value is -1.46. The summed E-state index contributed by atoms with van der Waals surface area (Å²) in [5.74, 6) is 0.0115. The fraction of sp³-hybridized carbons (Fsp3) is 0.600. The fourth-order valence-corrected chi connectivity index (χ4v) is 1.78. The van der Waals surface area contributed by atoms with Gasteiger partial charge >= 0.3 is 0 Å². The number of nitrogens with zero attached hydrogens (tertiary/aromatic N) is 4. The lowest BCUT2D eigenvalue weighted by Crippen LogP contribution is -2.40. The number of hydrogen-bond acceptors (Lipinski definition) is 4. The van der Waals surface area contributed by atoms with E-state index in [1.807, 2.05) is 52.1 Å². The van der Waals surface area contributed by atoms with Crippen LogP contribution in [0.3, 0.4) is 0 Å². The average molecular weight is 278 g/mol. The van der Waals surface area contributed by atoms with Crippen LogP contribution in [0.15, 0.2) is 18.2 Å². The van der Waals surface area contributed by atoms with E-state index in [0.717, 1.165) is 31.9 Å². The molecule has 0 aliphatic heterocycles. The van der Waals surface area contributed by atoms with Crippen molar-refractivity contribution in [2.24, 2.45) is 0 Å². The van der Waals surface area contributed by atoms with Gasteiger partial charge in [-0.25, -0.2) is 4.98 Å². The van der Waals surface area contributed by atoms with Crippen molar-refractivity contribution in [3.63, 3.8) is 0 Å². The Morgan fingerprint density at radius 2 is 1.55 bits per heavy atom. The van der Waals surface area contributed by atoms with E-state index in [1.54, 1.807) is 6.07 Å². The number of hydrogen-bond donors (Lipinski definition) is 0. The van der Waals surface area contributed by atoms with Gasteiger partial charge in [-0.05, 0) is 47.2 Å². The summed E-state index contributed by atoms with van der Waals surface area (Å²) in [7, 11) is 8.05. The summed E-state index contributed by atoms with van der Waals surface area (Å²) in [5, 5.41) is 0. The first-order chi connectivity index (χ1) is 9.40. The predicted molar refractivity (Wildman–Crippen MR) is 82.0 cm³/mol. The second kappa shape index (κ2) is 7.97. The molecule has 0 radical (unpaired) electrons. The van der Waals surface area contributed by atoms with Gasteiger partial charge in [0.15, 0.2) is 0 Å². The number of rotatable bonds is 7. The van der Waals surface area contributed by atoms with Gasteiger partial charge < -0.3 is 14.7 Å². The third kappa shape index (κ3) is 5.67. The fourth-order valence-electron chi connectivity index (χ4n) is 1.78. The molecule has 0 aliphatic carbocycles. The van der Waals surface area contributed by atoms with Crippen LogP contribution in [0.1, 0.15) is 16.2 Å². The van der Waals surface area contributed by atoms with E-state index in [-0.39, 0.29) is 5.91 Å². The van der Waals surface area contributed by atoms with Crippen LogP contribution >= 0.6 is 0 Å². The topological polar surface area (TPSA) is 39.7 Å². The van der Waals surface area contributed by atoms with Gasteiger partial charge in [0.25, 0.3) is 5.91 Å². The molecule has 1 amide bonds. The molecule has 0 saturated heterocycles. The molecular weight excluding hydrogens is 252 g/mol. The molecule has 0 spiro atoms. The molecule has 20 heavy (non-hydrogen) atoms. The molecule has 1 aromatic rings. The van der Waals surface area contributed by atoms with E-state index in [1.165, 1.54) is 0 Å². The predicted octanol–water partition coefficient (Wildman–Crippen LogP) is 0.955. The number of carbonyl (C=O) groups is 1. The third-order valence-electron chi connectivity index (χ3n) is 3.03. The first-order valence-electron chi connectivity index (χ1n) is 6.92. The third-order valence-corrected chi connectivity index (χ3v) is 3.03. The molecule has 0 atom stereocenters. The van der Waals surface area contributed by atoms with Crippen molar-refractivity contribution in [2.45, 2.75) is 6.92 Å². The smallest absolute Gasteiger partial charge is 0.272 e. The number of carbonyl (C=O) groups excluding carboxylic acids is 1. The van der Waals surface area contributed by atoms with Crippen molar-refractivity contribution in [2.75, 3.05) is 54.4 Å². The Morgan fingerprint density at radius 1 is 1.00 bits per heavy atom. The van der Waals surface area contributed by atoms with Crippen molar-refractivity contribution in [3.8, 4) is 0 Å². The lowest BCUT2D eigenvalue weighted by Gasteiger charge is -2.25. The van der Waals surface area contributed by atoms with E-state index in [4.69, 9.17) is 0 Å². The van der Waals surface area contributed by atoms with Gasteiger partial charge in [-0.15, -0.1) is 0 Å². The summed E-state index contributed by atoms with van der Waals surface area (Å²) in [6.07, 6.45) is 0. The minimum Gasteiger partial charge on any atom is -0.335 e. The molecule has 5 heteroatoms. The molecule has 0 unspecified atom stereocenters. The Kier molecular flexibility index (Phi) is 6.61. The molecule has 1 heterocycles. The van der Waals surface area contributed by atoms with Gasteiger partial charge in [0, 0.05) is 31.9 Å². The summed E-state index contributed by atoms with van der Waals surface area (Å²) in [5.41, 5.74) is 1.40. The van der Waals surface area contributed by atoms with E-state index in [9.17, 15) is 4.79 Å². The highest BCUT2D eigenvalue weighted by atomic mass is 16.2. The number of pyridine rings is 1. The van der Waals surface area contributed by atoms with Gasteiger partial charge in [-0.3, -0.25) is 4.79 Å². The SMILES string of the molecule is Cc1cccc(C(=O)N(CCN(C)C)CCN(C)C)n1. The number of amides is 1. The van der Waals surface area contributed by atoms with Gasteiger partial charge in [0.1, 0.15) is 5.69 Å². The minimum atomic E-state index is 0.0115. The van der Waals surface area contributed by atoms with E-state index < -0.39 is 0 Å². The van der Waals surface area contributed by atoms with Crippen molar-refractivity contribution in [1.82, 2.24) is 19.7 Å². The highest BCUT2D eigenvalue weighted by Gasteiger charge is 2.17. The largest absolute Gasteiger partial charge is 0.335 e. The summed E-state index contributed by atoms with van der Waals surface area (Å²) in [4.78, 5) is 22.9. The van der Waals surface area contributed by atoms with Crippen LogP contribution < -0.4 is 0 Å². The van der Waals surface area contributed by atoms with Gasteiger partial charge in [-0.2, -0.15) is 0 Å². The minimum absolute atomic E-state index is 0.0115. The van der Waals surface area contributed by atoms with Gasteiger partial charge in [0.05, 0.1) is 0 Å². The maximum Gasteiger partial charge on any atom is 0.272 e. The normalized spacial score (nSPS) is 11.2. The molecular formula is C15H26N4O. The van der Waals surface area contributed by atoms with Crippen LogP contribution in [0.4, 0.5) is 0 Å². The van der Waals surface area contributed by atoms with Crippen LogP contribution in [-0.4, -0.2) is 80.0 Å². The molecule has 0 fully saturated rings. The molecule has 112 valence electrons. The number of likely N-dealkylation sites (N-methyl/N-ethyl adjacent to an activating group) is 2. The summed E-state index contributed by atoms with van der Waals surface area (Å²) in [6.45, 7) is 5.04. The van der Waals surface area contributed by atoms with E-state index >= 15 is 0 Å². The van der Waals surface area contributed by atoms with Crippen LogP contribution in [0, 0.1) is 6.92 Å². The van der Waals surface area contributed by atoms with Crippen LogP contribution in [0.5, 0.6) is 0 Å². The quantitative estimate of drug-likeness (QED) is 0.745. The first-order valence-corrected chi connectivity index (χ1v) is 6.92. The lowest BCUT2D eigenvalue weighted by atomic mass is 10.2. The molecule has 0 aromatic carbocycles. The Morgan fingerprint density at radius 3 is 2.00 bits per heavy atom. The molecule has 1 rings (SSSR count). The number of aryl methyl sites for hydroxylation is 1. The molecule has 0 aliphatic rings. The summed E-state index contributed by atoms with van der Waals surface area (Å²) >= 11 is 0. The maximum atomic E-state index is 12.5. The second-order valence-electron chi connectivity index (χ2n) is 5.56. The monoisotopic (exact) mass is 278 g/mol. The zero-order valence-electron chi connectivity index (χ0n) is 13.3. The molecule has 1 aromatic heterocycles. The standard InChI is InChI=1S/C15H26N4O/c1-13-7-6-8-14(16-13)15(20)19(11-9-17(2)3)12-10-18(4)5/h6-8H,9-12H2,1-5H3. The van der Waals surface area contributed by atoms with Crippen LogP contribution in [-0.2, 0) is 0 Å². The Bertz CT molecular complexity index is 420. The second-order valence-corrected chi connectivity index (χ2v) is 5.56. The molecule has 5 nitrogen and oxygen atoms in total. The molecule has 0 saturated carbocycles. The first kappa shape index (κ1) is 16.6. The summed E-state index contributed by atoms with van der Waals surface area (Å²) < 4.78 is 0. The van der Waals surface area contributed by atoms with Crippen LogP contribution in [0.2, 0.25) is 0 Å². The van der Waals surface area contributed by atoms with Gasteiger partial charge in [0.2, 0.25) is 0 Å². The molecule has 0 N–H and O–H groups in total. The number of aromatic nitrogens is 1. The molecule has 0 bridgehead atoms. The highest BCUT2D eigenvalue weighted by Crippen LogP contribution is 2.04. The summed E-state index contributed by atoms with van der Waals surface area (Å²) in [6, 6.07) is 5.57. The van der Waals surface area contributed by atoms with Crippen molar-refractivity contribution < 1.29 is 4.79 Å². The van der Waals surface area contributed by atoms with E-state index in [0.29, 0.717) is 5.69 Å². The zero-order valence-corrected chi connectivity index (χ0v) is 13.3. The van der Waals surface area contributed by atoms with Crippen molar-refractivity contribution in [1.29, 1.82) is 0 Å². The van der Waals surface area contributed by atoms with Crippen LogP contribution in [0.25, 0.3) is 0 Å². The van der Waals surface area contributed by atoms with Crippen molar-refractivity contribution in [3.05, 3.63) is 29.6 Å². The highest BCUT2D eigenvalue weighted by molar-refractivity contribution is 5.92. The Balaban J connectivity index is 2.76. The Labute approximate surface area is 122 Å². The lowest BCUT2D eigenvalue weighted by molar-refractivity contribution is 0.0728. The van der Waals surface area contributed by atoms with E-state index in [2.05, 4.69) is 14.8 Å². The zero-order chi connectivity index (χ0) is 15.1. The van der Waals surface area contributed by atoms with Gasteiger partial charge in [-0.1, -0.05) is 6.07 Å². The van der Waals surface area contributed by atoms with Crippen molar-refractivity contribution >= 4 is 5.91 Å².